The molecule has 7 nitrogen and oxygen atoms in total. The summed E-state index contributed by atoms with van der Waals surface area (Å²) in [7, 11) is 0.582. The molecule has 0 heterocycles. The monoisotopic (exact) mass is 409 g/mol. The number of ether oxygens (including phenoxy) is 3. The van der Waals surface area contributed by atoms with Gasteiger partial charge in [0, 0.05) is 11.1 Å². The Balaban J connectivity index is 2.59. The maximum absolute atomic E-state index is 12.9. The lowest BCUT2D eigenvalue weighted by atomic mass is 10.0. The highest BCUT2D eigenvalue weighted by atomic mass is 32.2. The van der Waals surface area contributed by atoms with Crippen LogP contribution in [-0.4, -0.2) is 40.4 Å². The van der Waals surface area contributed by atoms with Crippen LogP contribution < -0.4 is 18.9 Å². The first-order chi connectivity index (χ1) is 13.0. The molecule has 8 heteroatoms. The van der Waals surface area contributed by atoms with E-state index in [1.54, 1.807) is 51.1 Å². The van der Waals surface area contributed by atoms with Gasteiger partial charge in [-0.3, -0.25) is 0 Å². The summed E-state index contributed by atoms with van der Waals surface area (Å²) >= 11 is 0. The number of benzene rings is 2. The van der Waals surface area contributed by atoms with Crippen LogP contribution in [0.4, 0.5) is 0 Å². The summed E-state index contributed by atoms with van der Waals surface area (Å²) in [5.41, 5.74) is -0.00914. The third-order valence-electron chi connectivity index (χ3n) is 3.95. The van der Waals surface area contributed by atoms with Gasteiger partial charge in [-0.2, -0.15) is 0 Å². The number of nitrogens with one attached hydrogen (secondary N) is 1. The van der Waals surface area contributed by atoms with Gasteiger partial charge < -0.3 is 19.3 Å². The zero-order valence-corrected chi connectivity index (χ0v) is 17.8. The van der Waals surface area contributed by atoms with Gasteiger partial charge in [-0.05, 0) is 44.5 Å². The van der Waals surface area contributed by atoms with Gasteiger partial charge in [-0.1, -0.05) is 18.2 Å². The zero-order valence-electron chi connectivity index (χ0n) is 16.9. The molecule has 0 aliphatic rings. The van der Waals surface area contributed by atoms with Crippen LogP contribution in [0.25, 0.3) is 0 Å². The summed E-state index contributed by atoms with van der Waals surface area (Å²) < 4.78 is 44.3. The molecule has 0 aromatic heterocycles. The molecule has 2 rings (SSSR count). The van der Waals surface area contributed by atoms with Crippen molar-refractivity contribution in [1.29, 1.82) is 0 Å². The number of aliphatic hydroxyl groups is 1. The van der Waals surface area contributed by atoms with E-state index in [0.717, 1.165) is 0 Å². The summed E-state index contributed by atoms with van der Waals surface area (Å²) in [6, 6.07) is 9.50. The van der Waals surface area contributed by atoms with E-state index in [9.17, 15) is 13.5 Å². The van der Waals surface area contributed by atoms with Gasteiger partial charge >= 0.3 is 0 Å². The fraction of sp³-hybridized carbons (Fsp3) is 0.400. The maximum Gasteiger partial charge on any atom is 0.241 e. The van der Waals surface area contributed by atoms with Gasteiger partial charge in [0.05, 0.1) is 26.2 Å². The van der Waals surface area contributed by atoms with E-state index in [4.69, 9.17) is 14.2 Å². The lowest BCUT2D eigenvalue weighted by Gasteiger charge is -2.23. The number of sulfonamides is 1. The van der Waals surface area contributed by atoms with Crippen LogP contribution in [0.15, 0.2) is 41.3 Å². The van der Waals surface area contributed by atoms with Crippen LogP contribution in [0.5, 0.6) is 17.2 Å². The number of hydrogen-bond donors (Lipinski definition) is 2. The average molecular weight is 410 g/mol. The van der Waals surface area contributed by atoms with Gasteiger partial charge in [-0.25, -0.2) is 13.1 Å². The minimum absolute atomic E-state index is 0.00572. The van der Waals surface area contributed by atoms with Crippen molar-refractivity contribution in [2.45, 2.75) is 37.3 Å². The molecule has 0 spiro atoms. The van der Waals surface area contributed by atoms with Crippen LogP contribution in [0.2, 0.25) is 0 Å². The van der Waals surface area contributed by atoms with Crippen LogP contribution in [0.1, 0.15) is 38.0 Å². The van der Waals surface area contributed by atoms with Crippen LogP contribution in [0, 0.1) is 0 Å². The second kappa shape index (κ2) is 8.38. The lowest BCUT2D eigenvalue weighted by molar-refractivity contribution is 0.215. The largest absolute Gasteiger partial charge is 0.493 e. The highest BCUT2D eigenvalue weighted by Crippen LogP contribution is 2.41. The fourth-order valence-electron chi connectivity index (χ4n) is 2.85. The third kappa shape index (κ3) is 4.76. The van der Waals surface area contributed by atoms with Gasteiger partial charge in [0.2, 0.25) is 15.8 Å². The molecule has 2 aromatic carbocycles. The van der Waals surface area contributed by atoms with E-state index in [0.29, 0.717) is 22.8 Å². The summed E-state index contributed by atoms with van der Waals surface area (Å²) in [5, 5.41) is 11.0. The Hall–Kier alpha value is -2.29. The molecule has 0 saturated heterocycles. The minimum atomic E-state index is -3.84. The zero-order chi connectivity index (χ0) is 21.1. The number of aliphatic hydroxyl groups excluding tert-OH is 1. The smallest absolute Gasteiger partial charge is 0.241 e. The number of hydrogen-bond acceptors (Lipinski definition) is 6. The first-order valence-corrected chi connectivity index (χ1v) is 10.1. The lowest BCUT2D eigenvalue weighted by Crippen LogP contribution is -2.40. The highest BCUT2D eigenvalue weighted by molar-refractivity contribution is 7.89. The molecule has 0 bridgehead atoms. The van der Waals surface area contributed by atoms with Gasteiger partial charge in [0.15, 0.2) is 11.5 Å². The quantitative estimate of drug-likeness (QED) is 0.730. The van der Waals surface area contributed by atoms with Crippen LogP contribution >= 0.6 is 0 Å². The van der Waals surface area contributed by atoms with Crippen molar-refractivity contribution in [2.24, 2.45) is 0 Å². The standard InChI is InChI=1S/C20H27NO6S/c1-20(2,3)21-28(23,24)17-10-8-7-9-14(17)18(22)13-11-15(25-4)19(27-6)16(12-13)26-5/h7-12,18,21-22H,1-6H3. The first-order valence-electron chi connectivity index (χ1n) is 8.65. The fourth-order valence-corrected chi connectivity index (χ4v) is 4.51. The summed E-state index contributed by atoms with van der Waals surface area (Å²) in [4.78, 5) is 0.00572. The van der Waals surface area contributed by atoms with E-state index >= 15 is 0 Å². The molecule has 2 N–H and O–H groups in total. The van der Waals surface area contributed by atoms with E-state index in [2.05, 4.69) is 4.72 Å². The van der Waals surface area contributed by atoms with Crippen molar-refractivity contribution >= 4 is 10.0 Å². The molecular weight excluding hydrogens is 382 g/mol. The third-order valence-corrected chi connectivity index (χ3v) is 5.78. The van der Waals surface area contributed by atoms with Crippen molar-refractivity contribution in [3.63, 3.8) is 0 Å². The second-order valence-electron chi connectivity index (χ2n) is 7.25. The molecule has 0 amide bonds. The van der Waals surface area contributed by atoms with E-state index in [-0.39, 0.29) is 10.5 Å². The molecule has 28 heavy (non-hydrogen) atoms. The predicted molar refractivity (Wildman–Crippen MR) is 107 cm³/mol. The molecule has 1 atom stereocenters. The van der Waals surface area contributed by atoms with Crippen LogP contribution in [0.3, 0.4) is 0 Å². The molecule has 1 unspecified atom stereocenters. The van der Waals surface area contributed by atoms with Crippen LogP contribution in [-0.2, 0) is 10.0 Å². The molecule has 0 saturated carbocycles. The van der Waals surface area contributed by atoms with Crippen molar-refractivity contribution in [1.82, 2.24) is 4.72 Å². The Labute approximate surface area is 166 Å². The van der Waals surface area contributed by atoms with Gasteiger partial charge in [-0.15, -0.1) is 0 Å². The van der Waals surface area contributed by atoms with Crippen molar-refractivity contribution < 1.29 is 27.7 Å². The van der Waals surface area contributed by atoms with Gasteiger partial charge in [0.25, 0.3) is 0 Å². The Bertz CT molecular complexity index is 909. The average Bonchev–Trinajstić information content (AvgIpc) is 2.64. The summed E-state index contributed by atoms with van der Waals surface area (Å²) in [6.07, 6.45) is -1.22. The normalized spacial score (nSPS) is 13.1. The first kappa shape index (κ1) is 22.0. The van der Waals surface area contributed by atoms with Crippen molar-refractivity contribution in [2.75, 3.05) is 21.3 Å². The summed E-state index contributed by atoms with van der Waals surface area (Å²) in [6.45, 7) is 5.26. The van der Waals surface area contributed by atoms with E-state index < -0.39 is 21.7 Å². The Kier molecular flexibility index (Phi) is 6.59. The molecule has 2 aromatic rings. The van der Waals surface area contributed by atoms with E-state index in [1.807, 2.05) is 0 Å². The Morgan fingerprint density at radius 3 is 1.96 bits per heavy atom. The maximum atomic E-state index is 12.9. The molecular formula is C20H27NO6S. The number of rotatable bonds is 7. The molecule has 0 aliphatic carbocycles. The predicted octanol–water partition coefficient (Wildman–Crippen LogP) is 2.87. The minimum Gasteiger partial charge on any atom is -0.493 e. The van der Waals surface area contributed by atoms with Gasteiger partial charge in [0.1, 0.15) is 6.10 Å². The molecule has 0 radical (unpaired) electrons. The van der Waals surface area contributed by atoms with Crippen molar-refractivity contribution in [3.05, 3.63) is 47.5 Å². The Morgan fingerprint density at radius 2 is 1.50 bits per heavy atom. The highest BCUT2D eigenvalue weighted by Gasteiger charge is 2.28. The van der Waals surface area contributed by atoms with Crippen molar-refractivity contribution in [3.8, 4) is 17.2 Å². The summed E-state index contributed by atoms with van der Waals surface area (Å²) in [5.74, 6) is 1.12. The van der Waals surface area contributed by atoms with E-state index in [1.165, 1.54) is 27.4 Å². The topological polar surface area (TPSA) is 94.1 Å². The SMILES string of the molecule is COc1cc(C(O)c2ccccc2S(=O)(=O)NC(C)(C)C)cc(OC)c1OC. The second-order valence-corrected chi connectivity index (χ2v) is 8.91. The number of methoxy groups -OCH3 is 3. The molecule has 0 fully saturated rings. The Morgan fingerprint density at radius 1 is 0.964 bits per heavy atom. The molecule has 154 valence electrons. The molecule has 0 aliphatic heterocycles.